The first-order valence-corrected chi connectivity index (χ1v) is 5.82. The molecule has 2 aromatic heterocycles. The zero-order valence-corrected chi connectivity index (χ0v) is 9.52. The van der Waals surface area contributed by atoms with E-state index in [9.17, 15) is 4.79 Å². The number of aromatic amines is 1. The Morgan fingerprint density at radius 1 is 1.12 bits per heavy atom. The molecule has 0 aliphatic rings. The van der Waals surface area contributed by atoms with Gasteiger partial charge in [0.25, 0.3) is 0 Å². The lowest BCUT2D eigenvalue weighted by atomic mass is 10.4. The van der Waals surface area contributed by atoms with Crippen molar-refractivity contribution in [2.24, 2.45) is 0 Å². The van der Waals surface area contributed by atoms with Crippen LogP contribution < -0.4 is 5.69 Å². The number of nitrogens with zero attached hydrogens (tertiary/aromatic N) is 3. The normalized spacial score (nSPS) is 10.8. The Bertz CT molecular complexity index is 704. The van der Waals surface area contributed by atoms with Crippen molar-refractivity contribution >= 4 is 17.4 Å². The molecule has 0 unspecified atom stereocenters. The Morgan fingerprint density at radius 3 is 2.76 bits per heavy atom. The lowest BCUT2D eigenvalue weighted by Crippen LogP contribution is -2.12. The van der Waals surface area contributed by atoms with Gasteiger partial charge in [0.2, 0.25) is 0 Å². The van der Waals surface area contributed by atoms with Gasteiger partial charge in [-0.1, -0.05) is 30.0 Å². The van der Waals surface area contributed by atoms with Crippen LogP contribution in [0.2, 0.25) is 0 Å². The minimum atomic E-state index is -0.324. The quantitative estimate of drug-likeness (QED) is 0.743. The van der Waals surface area contributed by atoms with Gasteiger partial charge in [0, 0.05) is 4.90 Å². The maximum Gasteiger partial charge on any atom is 0.364 e. The van der Waals surface area contributed by atoms with E-state index in [4.69, 9.17) is 0 Å². The van der Waals surface area contributed by atoms with E-state index in [-0.39, 0.29) is 5.69 Å². The average molecular weight is 244 g/mol. The predicted molar refractivity (Wildman–Crippen MR) is 64.2 cm³/mol. The standard InChI is InChI=1S/C11H8N4OS/c16-11-13-12-9-6-7-10(14-15(9)11)17-8-4-2-1-3-5-8/h1-7H,(H,13,16). The van der Waals surface area contributed by atoms with E-state index < -0.39 is 0 Å². The summed E-state index contributed by atoms with van der Waals surface area (Å²) in [6.07, 6.45) is 0. The van der Waals surface area contributed by atoms with Gasteiger partial charge in [-0.2, -0.15) is 14.7 Å². The molecule has 6 heteroatoms. The fourth-order valence-electron chi connectivity index (χ4n) is 1.45. The number of hydrogen-bond acceptors (Lipinski definition) is 4. The second-order valence-corrected chi connectivity index (χ2v) is 4.48. The van der Waals surface area contributed by atoms with Crippen LogP contribution in [0.15, 0.2) is 57.2 Å². The largest absolute Gasteiger partial charge is 0.364 e. The van der Waals surface area contributed by atoms with E-state index in [1.807, 2.05) is 36.4 Å². The molecular formula is C11H8N4OS. The molecule has 0 radical (unpaired) electrons. The number of fused-ring (bicyclic) bond motifs is 1. The summed E-state index contributed by atoms with van der Waals surface area (Å²) in [7, 11) is 0. The third kappa shape index (κ3) is 1.94. The first-order chi connectivity index (χ1) is 8.33. The molecule has 0 spiro atoms. The fourth-order valence-corrected chi connectivity index (χ4v) is 2.24. The van der Waals surface area contributed by atoms with E-state index in [1.165, 1.54) is 16.3 Å². The molecule has 0 amide bonds. The van der Waals surface area contributed by atoms with Crippen LogP contribution in [0, 0.1) is 0 Å². The minimum absolute atomic E-state index is 0.324. The van der Waals surface area contributed by atoms with Gasteiger partial charge >= 0.3 is 5.69 Å². The van der Waals surface area contributed by atoms with Crippen LogP contribution in [0.25, 0.3) is 5.65 Å². The van der Waals surface area contributed by atoms with Crippen molar-refractivity contribution in [1.82, 2.24) is 19.8 Å². The number of hydrogen-bond donors (Lipinski definition) is 1. The lowest BCUT2D eigenvalue weighted by molar-refractivity contribution is 0.820. The van der Waals surface area contributed by atoms with E-state index >= 15 is 0 Å². The third-order valence-corrected chi connectivity index (χ3v) is 3.15. The van der Waals surface area contributed by atoms with Crippen LogP contribution in [0.4, 0.5) is 0 Å². The topological polar surface area (TPSA) is 63.0 Å². The van der Waals surface area contributed by atoms with Crippen LogP contribution >= 0.6 is 11.8 Å². The van der Waals surface area contributed by atoms with Crippen molar-refractivity contribution < 1.29 is 0 Å². The van der Waals surface area contributed by atoms with Crippen LogP contribution in [-0.2, 0) is 0 Å². The first kappa shape index (κ1) is 10.1. The molecule has 3 rings (SSSR count). The van der Waals surface area contributed by atoms with Crippen molar-refractivity contribution in [3.05, 3.63) is 52.9 Å². The highest BCUT2D eigenvalue weighted by Gasteiger charge is 2.03. The molecule has 17 heavy (non-hydrogen) atoms. The lowest BCUT2D eigenvalue weighted by Gasteiger charge is -1.99. The molecule has 0 saturated carbocycles. The third-order valence-electron chi connectivity index (χ3n) is 2.21. The Balaban J connectivity index is 2.01. The van der Waals surface area contributed by atoms with Gasteiger partial charge in [-0.15, -0.1) is 0 Å². The fraction of sp³-hybridized carbons (Fsp3) is 0. The van der Waals surface area contributed by atoms with Gasteiger partial charge < -0.3 is 0 Å². The van der Waals surface area contributed by atoms with Crippen molar-refractivity contribution in [2.75, 3.05) is 0 Å². The summed E-state index contributed by atoms with van der Waals surface area (Å²) in [5, 5.41) is 11.1. The Labute approximate surface area is 100 Å². The summed E-state index contributed by atoms with van der Waals surface area (Å²) in [6, 6.07) is 13.5. The summed E-state index contributed by atoms with van der Waals surface area (Å²) >= 11 is 1.50. The van der Waals surface area contributed by atoms with E-state index in [1.54, 1.807) is 6.07 Å². The summed E-state index contributed by atoms with van der Waals surface area (Å²) in [6.45, 7) is 0. The highest BCUT2D eigenvalue weighted by molar-refractivity contribution is 7.99. The molecule has 1 aromatic carbocycles. The predicted octanol–water partition coefficient (Wildman–Crippen LogP) is 1.57. The molecule has 5 nitrogen and oxygen atoms in total. The SMILES string of the molecule is O=c1[nH]nc2ccc(Sc3ccccc3)nn12. The number of nitrogens with one attached hydrogen (secondary N) is 1. The molecule has 0 aliphatic carbocycles. The first-order valence-electron chi connectivity index (χ1n) is 5.00. The zero-order chi connectivity index (χ0) is 11.7. The molecule has 0 saturated heterocycles. The highest BCUT2D eigenvalue weighted by atomic mass is 32.2. The van der Waals surface area contributed by atoms with Crippen molar-refractivity contribution in [3.63, 3.8) is 0 Å². The van der Waals surface area contributed by atoms with E-state index in [0.29, 0.717) is 5.65 Å². The van der Waals surface area contributed by atoms with Gasteiger partial charge in [0.1, 0.15) is 5.03 Å². The Hall–Kier alpha value is -2.08. The van der Waals surface area contributed by atoms with Gasteiger partial charge in [-0.25, -0.2) is 9.89 Å². The Kier molecular flexibility index (Phi) is 2.41. The number of aromatic nitrogens is 4. The molecule has 3 aromatic rings. The van der Waals surface area contributed by atoms with Crippen molar-refractivity contribution in [1.29, 1.82) is 0 Å². The second kappa shape index (κ2) is 4.06. The van der Waals surface area contributed by atoms with Gasteiger partial charge in [0.05, 0.1) is 0 Å². The molecule has 2 heterocycles. The average Bonchev–Trinajstić information content (AvgIpc) is 2.73. The minimum Gasteiger partial charge on any atom is -0.244 e. The zero-order valence-electron chi connectivity index (χ0n) is 8.70. The second-order valence-electron chi connectivity index (χ2n) is 3.39. The highest BCUT2D eigenvalue weighted by Crippen LogP contribution is 2.24. The summed E-state index contributed by atoms with van der Waals surface area (Å²) in [5.74, 6) is 0. The number of benzene rings is 1. The van der Waals surface area contributed by atoms with Crippen LogP contribution in [-0.4, -0.2) is 19.8 Å². The smallest absolute Gasteiger partial charge is 0.244 e. The maximum absolute atomic E-state index is 11.4. The van der Waals surface area contributed by atoms with Gasteiger partial charge in [-0.3, -0.25) is 0 Å². The van der Waals surface area contributed by atoms with Crippen molar-refractivity contribution in [2.45, 2.75) is 9.92 Å². The van der Waals surface area contributed by atoms with E-state index in [2.05, 4.69) is 15.3 Å². The molecule has 0 atom stereocenters. The summed E-state index contributed by atoms with van der Waals surface area (Å²) in [4.78, 5) is 12.4. The van der Waals surface area contributed by atoms with Crippen LogP contribution in [0.3, 0.4) is 0 Å². The summed E-state index contributed by atoms with van der Waals surface area (Å²) < 4.78 is 1.26. The molecule has 84 valence electrons. The van der Waals surface area contributed by atoms with Crippen LogP contribution in [0.5, 0.6) is 0 Å². The molecule has 0 bridgehead atoms. The number of H-pyrrole nitrogens is 1. The van der Waals surface area contributed by atoms with Crippen LogP contribution in [0.1, 0.15) is 0 Å². The van der Waals surface area contributed by atoms with Crippen molar-refractivity contribution in [3.8, 4) is 0 Å². The summed E-state index contributed by atoms with van der Waals surface area (Å²) in [5.41, 5.74) is 0.197. The van der Waals surface area contributed by atoms with Gasteiger partial charge in [-0.05, 0) is 24.3 Å². The molecular weight excluding hydrogens is 236 g/mol. The van der Waals surface area contributed by atoms with Gasteiger partial charge in [0.15, 0.2) is 5.65 Å². The molecule has 1 N–H and O–H groups in total. The maximum atomic E-state index is 11.4. The Morgan fingerprint density at radius 2 is 1.94 bits per heavy atom. The monoisotopic (exact) mass is 244 g/mol. The molecule has 0 aliphatic heterocycles. The van der Waals surface area contributed by atoms with E-state index in [0.717, 1.165) is 9.92 Å². The number of rotatable bonds is 2. The molecule has 0 fully saturated rings.